The van der Waals surface area contributed by atoms with Crippen LogP contribution in [0, 0.1) is 11.8 Å². The molecule has 1 fully saturated rings. The molecular weight excluding hydrogens is 276 g/mol. The Morgan fingerprint density at radius 1 is 0.826 bits per heavy atom. The third-order valence-corrected chi connectivity index (χ3v) is 6.58. The molecule has 4 rings (SSSR count). The largest absolute Gasteiger partial charge is 0.0654 e. The lowest BCUT2D eigenvalue weighted by atomic mass is 9.45. The van der Waals surface area contributed by atoms with Crippen LogP contribution >= 0.6 is 0 Å². The van der Waals surface area contributed by atoms with Crippen molar-refractivity contribution in [3.05, 3.63) is 70.8 Å². The summed E-state index contributed by atoms with van der Waals surface area (Å²) in [4.78, 5) is 0. The lowest BCUT2D eigenvalue weighted by Gasteiger charge is -2.58. The molecule has 0 aliphatic heterocycles. The fraction of sp³-hybridized carbons (Fsp3) is 0.478. The highest BCUT2D eigenvalue weighted by Gasteiger charge is 2.57. The summed E-state index contributed by atoms with van der Waals surface area (Å²) in [6.07, 6.45) is 7.76. The summed E-state index contributed by atoms with van der Waals surface area (Å²) in [5.74, 6) is 1.62. The minimum absolute atomic E-state index is 0.286. The smallest absolute Gasteiger partial charge is 0.0264 e. The third-order valence-electron chi connectivity index (χ3n) is 6.58. The number of fused-ring (bicyclic) bond motifs is 4. The van der Waals surface area contributed by atoms with Gasteiger partial charge in [0.15, 0.2) is 0 Å². The second-order valence-electron chi connectivity index (χ2n) is 7.51. The van der Waals surface area contributed by atoms with Crippen LogP contribution in [0.1, 0.15) is 61.8 Å². The van der Waals surface area contributed by atoms with Crippen molar-refractivity contribution in [3.63, 3.8) is 0 Å². The van der Waals surface area contributed by atoms with Gasteiger partial charge in [-0.3, -0.25) is 0 Å². The quantitative estimate of drug-likeness (QED) is 0.660. The number of rotatable bonds is 3. The van der Waals surface area contributed by atoms with Crippen molar-refractivity contribution < 1.29 is 0 Å². The third kappa shape index (κ3) is 2.04. The topological polar surface area (TPSA) is 0 Å². The Balaban J connectivity index is 1.99. The fourth-order valence-corrected chi connectivity index (χ4v) is 5.65. The zero-order valence-electron chi connectivity index (χ0n) is 14.5. The minimum atomic E-state index is 0.286. The van der Waals surface area contributed by atoms with Gasteiger partial charge in [-0.05, 0) is 59.8 Å². The van der Waals surface area contributed by atoms with Crippen molar-refractivity contribution in [1.29, 1.82) is 0 Å². The van der Waals surface area contributed by atoms with Gasteiger partial charge in [0, 0.05) is 5.41 Å². The van der Waals surface area contributed by atoms with Crippen LogP contribution in [-0.2, 0) is 18.3 Å². The maximum atomic E-state index is 2.45. The van der Waals surface area contributed by atoms with Gasteiger partial charge in [0.05, 0.1) is 0 Å². The predicted octanol–water partition coefficient (Wildman–Crippen LogP) is 5.92. The number of benzene rings is 2. The zero-order valence-corrected chi connectivity index (χ0v) is 14.5. The molecule has 0 amide bonds. The van der Waals surface area contributed by atoms with Crippen molar-refractivity contribution in [2.45, 2.75) is 57.8 Å². The highest BCUT2D eigenvalue weighted by Crippen LogP contribution is 2.62. The predicted molar refractivity (Wildman–Crippen MR) is 97.9 cm³/mol. The Labute approximate surface area is 140 Å². The van der Waals surface area contributed by atoms with Crippen LogP contribution < -0.4 is 0 Å². The van der Waals surface area contributed by atoms with Gasteiger partial charge < -0.3 is 0 Å². The number of hydrogen-bond acceptors (Lipinski definition) is 0. The summed E-state index contributed by atoms with van der Waals surface area (Å²) in [6.45, 7) is 4.74. The molecule has 2 aliphatic carbocycles. The van der Waals surface area contributed by atoms with Crippen LogP contribution in [0.15, 0.2) is 48.5 Å². The first-order valence-corrected chi connectivity index (χ1v) is 9.49. The summed E-state index contributed by atoms with van der Waals surface area (Å²) in [5, 5.41) is 0. The summed E-state index contributed by atoms with van der Waals surface area (Å²) < 4.78 is 0. The molecule has 2 unspecified atom stereocenters. The number of hydrogen-bond donors (Lipinski definition) is 0. The minimum Gasteiger partial charge on any atom is -0.0654 e. The molecule has 2 aromatic rings. The van der Waals surface area contributed by atoms with E-state index in [1.54, 1.807) is 22.3 Å². The van der Waals surface area contributed by atoms with Crippen molar-refractivity contribution in [3.8, 4) is 0 Å². The van der Waals surface area contributed by atoms with Gasteiger partial charge in [-0.2, -0.15) is 0 Å². The lowest BCUT2D eigenvalue weighted by molar-refractivity contribution is 0.0493. The average molecular weight is 304 g/mol. The van der Waals surface area contributed by atoms with E-state index in [0.29, 0.717) is 0 Å². The van der Waals surface area contributed by atoms with E-state index in [1.165, 1.54) is 38.5 Å². The van der Waals surface area contributed by atoms with Crippen LogP contribution in [0.4, 0.5) is 0 Å². The second kappa shape index (κ2) is 5.82. The fourth-order valence-electron chi connectivity index (χ4n) is 5.65. The normalized spacial score (nSPS) is 24.4. The molecule has 2 aliphatic rings. The summed E-state index contributed by atoms with van der Waals surface area (Å²) in [5.41, 5.74) is 6.79. The van der Waals surface area contributed by atoms with E-state index in [0.717, 1.165) is 11.8 Å². The molecule has 0 radical (unpaired) electrons. The van der Waals surface area contributed by atoms with Gasteiger partial charge in [0.2, 0.25) is 0 Å². The summed E-state index contributed by atoms with van der Waals surface area (Å²) in [7, 11) is 0. The standard InChI is InChI=1S/C23H28/c1-3-9-20-16-19(4-2)23(20)21-12-7-5-10-17(21)14-15-18-11-6-8-13-22(18)23/h5-8,10-13,19-20H,3-4,9,14-16H2,1-2H3. The van der Waals surface area contributed by atoms with Crippen LogP contribution in [0.2, 0.25) is 0 Å². The molecule has 0 bridgehead atoms. The number of aryl methyl sites for hydroxylation is 2. The molecular formula is C23H28. The molecule has 1 saturated carbocycles. The van der Waals surface area contributed by atoms with Gasteiger partial charge in [0.1, 0.15) is 0 Å². The van der Waals surface area contributed by atoms with Crippen molar-refractivity contribution >= 4 is 0 Å². The van der Waals surface area contributed by atoms with Gasteiger partial charge in [0.25, 0.3) is 0 Å². The zero-order chi connectivity index (χ0) is 15.9. The van der Waals surface area contributed by atoms with E-state index >= 15 is 0 Å². The van der Waals surface area contributed by atoms with Gasteiger partial charge in [-0.1, -0.05) is 75.2 Å². The van der Waals surface area contributed by atoms with Crippen LogP contribution in [0.3, 0.4) is 0 Å². The Morgan fingerprint density at radius 3 is 1.91 bits per heavy atom. The Hall–Kier alpha value is -1.56. The molecule has 120 valence electrons. The second-order valence-corrected chi connectivity index (χ2v) is 7.51. The van der Waals surface area contributed by atoms with Crippen molar-refractivity contribution in [2.75, 3.05) is 0 Å². The molecule has 0 heterocycles. The van der Waals surface area contributed by atoms with E-state index in [1.807, 2.05) is 0 Å². The van der Waals surface area contributed by atoms with Crippen molar-refractivity contribution in [2.24, 2.45) is 11.8 Å². The first-order chi connectivity index (χ1) is 11.3. The molecule has 0 N–H and O–H groups in total. The highest BCUT2D eigenvalue weighted by atomic mass is 14.6. The SMILES string of the molecule is CCCC1CC(CC)C12c1ccccc1CCc1ccccc12. The van der Waals surface area contributed by atoms with Crippen LogP contribution in [0.25, 0.3) is 0 Å². The van der Waals surface area contributed by atoms with E-state index in [2.05, 4.69) is 62.4 Å². The van der Waals surface area contributed by atoms with Gasteiger partial charge >= 0.3 is 0 Å². The Morgan fingerprint density at radius 2 is 1.39 bits per heavy atom. The summed E-state index contributed by atoms with van der Waals surface area (Å²) >= 11 is 0. The molecule has 2 aromatic carbocycles. The summed E-state index contributed by atoms with van der Waals surface area (Å²) in [6, 6.07) is 18.7. The maximum absolute atomic E-state index is 2.45. The van der Waals surface area contributed by atoms with E-state index in [-0.39, 0.29) is 5.41 Å². The Kier molecular flexibility index (Phi) is 3.79. The van der Waals surface area contributed by atoms with E-state index < -0.39 is 0 Å². The van der Waals surface area contributed by atoms with E-state index in [9.17, 15) is 0 Å². The van der Waals surface area contributed by atoms with Gasteiger partial charge in [-0.15, -0.1) is 0 Å². The first kappa shape index (κ1) is 15.0. The van der Waals surface area contributed by atoms with E-state index in [4.69, 9.17) is 0 Å². The van der Waals surface area contributed by atoms with Crippen LogP contribution in [-0.4, -0.2) is 0 Å². The lowest BCUT2D eigenvalue weighted by Crippen LogP contribution is -2.54. The first-order valence-electron chi connectivity index (χ1n) is 9.49. The molecule has 1 spiro atoms. The van der Waals surface area contributed by atoms with Crippen molar-refractivity contribution in [1.82, 2.24) is 0 Å². The molecule has 0 aromatic heterocycles. The average Bonchev–Trinajstić information content (AvgIpc) is 2.74. The molecule has 0 heteroatoms. The molecule has 2 atom stereocenters. The molecule has 23 heavy (non-hydrogen) atoms. The highest BCUT2D eigenvalue weighted by molar-refractivity contribution is 5.53. The molecule has 0 nitrogen and oxygen atoms in total. The maximum Gasteiger partial charge on any atom is 0.0264 e. The van der Waals surface area contributed by atoms with Crippen LogP contribution in [0.5, 0.6) is 0 Å². The van der Waals surface area contributed by atoms with Gasteiger partial charge in [-0.25, -0.2) is 0 Å². The molecule has 0 saturated heterocycles. The Bertz CT molecular complexity index is 649. The monoisotopic (exact) mass is 304 g/mol.